The van der Waals surface area contributed by atoms with Crippen LogP contribution in [-0.2, 0) is 13.0 Å². The number of para-hydroxylation sites is 1. The number of carbonyl (C=O) groups is 1. The van der Waals surface area contributed by atoms with Gasteiger partial charge in [0, 0.05) is 29.9 Å². The Bertz CT molecular complexity index is 1110. The van der Waals surface area contributed by atoms with Crippen molar-refractivity contribution in [3.05, 3.63) is 89.0 Å². The average Bonchev–Trinajstić information content (AvgIpc) is 2.84. The Morgan fingerprint density at radius 2 is 1.88 bits per heavy atom. The van der Waals surface area contributed by atoms with Gasteiger partial charge in [0.05, 0.1) is 20.4 Å². The van der Waals surface area contributed by atoms with Crippen LogP contribution in [-0.4, -0.2) is 32.9 Å². The van der Waals surface area contributed by atoms with E-state index >= 15 is 0 Å². The van der Waals surface area contributed by atoms with Crippen molar-refractivity contribution in [1.29, 1.82) is 0 Å². The van der Waals surface area contributed by atoms with E-state index in [4.69, 9.17) is 9.47 Å². The molecule has 6 heteroatoms. The maximum atomic E-state index is 12.3. The normalized spacial score (nSPS) is 13.0. The number of benzene rings is 3. The van der Waals surface area contributed by atoms with Crippen LogP contribution in [0.2, 0.25) is 0 Å². The number of fused-ring (bicyclic) bond motifs is 1. The largest absolute Gasteiger partial charge is 0.497 e. The first kappa shape index (κ1) is 21.4. The zero-order valence-corrected chi connectivity index (χ0v) is 18.4. The maximum Gasteiger partial charge on any atom is 0.271 e. The highest BCUT2D eigenvalue weighted by molar-refractivity contribution is 5.95. The Morgan fingerprint density at radius 3 is 2.66 bits per heavy atom. The number of nitrogens with zero attached hydrogens (tertiary/aromatic N) is 2. The second kappa shape index (κ2) is 10.0. The standard InChI is InChI=1S/C26H27N3O3/c1-31-23-12-10-21(11-13-23)26(30)28-27-17-19-9-14-25(32-2)22(16-19)18-29-15-5-7-20-6-3-4-8-24(20)29/h3-4,6,8-14,16-17H,5,7,15,18H2,1-2H3,(H,28,30)/b27-17+. The molecule has 32 heavy (non-hydrogen) atoms. The number of amides is 1. The molecule has 0 radical (unpaired) electrons. The molecule has 3 aromatic rings. The number of anilines is 1. The first-order valence-electron chi connectivity index (χ1n) is 10.6. The van der Waals surface area contributed by atoms with Gasteiger partial charge < -0.3 is 14.4 Å². The summed E-state index contributed by atoms with van der Waals surface area (Å²) in [7, 11) is 3.28. The number of hydrogen-bond acceptors (Lipinski definition) is 5. The summed E-state index contributed by atoms with van der Waals surface area (Å²) in [5.41, 5.74) is 7.73. The molecule has 1 aliphatic heterocycles. The van der Waals surface area contributed by atoms with Gasteiger partial charge in [-0.05, 0) is 72.5 Å². The van der Waals surface area contributed by atoms with Crippen LogP contribution in [0.15, 0.2) is 71.8 Å². The van der Waals surface area contributed by atoms with Crippen LogP contribution in [0.4, 0.5) is 5.69 Å². The molecule has 0 atom stereocenters. The summed E-state index contributed by atoms with van der Waals surface area (Å²) in [4.78, 5) is 14.7. The van der Waals surface area contributed by atoms with Crippen molar-refractivity contribution >= 4 is 17.8 Å². The van der Waals surface area contributed by atoms with Gasteiger partial charge in [-0.1, -0.05) is 18.2 Å². The lowest BCUT2D eigenvalue weighted by molar-refractivity contribution is 0.0955. The number of hydrazone groups is 1. The molecule has 0 fully saturated rings. The Morgan fingerprint density at radius 1 is 1.06 bits per heavy atom. The van der Waals surface area contributed by atoms with Crippen molar-refractivity contribution in [1.82, 2.24) is 5.43 Å². The first-order valence-corrected chi connectivity index (χ1v) is 10.6. The van der Waals surface area contributed by atoms with Crippen LogP contribution in [0.1, 0.15) is 33.5 Å². The molecule has 0 saturated heterocycles. The van der Waals surface area contributed by atoms with E-state index in [1.165, 1.54) is 11.3 Å². The number of rotatable bonds is 7. The highest BCUT2D eigenvalue weighted by atomic mass is 16.5. The van der Waals surface area contributed by atoms with Crippen molar-refractivity contribution in [2.75, 3.05) is 25.7 Å². The summed E-state index contributed by atoms with van der Waals surface area (Å²) >= 11 is 0. The van der Waals surface area contributed by atoms with Crippen molar-refractivity contribution in [3.8, 4) is 11.5 Å². The lowest BCUT2D eigenvalue weighted by Crippen LogP contribution is -2.29. The molecule has 0 unspecified atom stereocenters. The van der Waals surface area contributed by atoms with Gasteiger partial charge in [0.15, 0.2) is 0 Å². The monoisotopic (exact) mass is 429 g/mol. The molecule has 0 saturated carbocycles. The van der Waals surface area contributed by atoms with Crippen LogP contribution in [0.3, 0.4) is 0 Å². The lowest BCUT2D eigenvalue weighted by atomic mass is 10.0. The summed E-state index contributed by atoms with van der Waals surface area (Å²) in [6.45, 7) is 1.76. The fraction of sp³-hybridized carbons (Fsp3) is 0.231. The van der Waals surface area contributed by atoms with Crippen molar-refractivity contribution < 1.29 is 14.3 Å². The number of carbonyl (C=O) groups excluding carboxylic acids is 1. The van der Waals surface area contributed by atoms with Crippen molar-refractivity contribution in [2.45, 2.75) is 19.4 Å². The van der Waals surface area contributed by atoms with E-state index in [0.29, 0.717) is 11.3 Å². The third-order valence-corrected chi connectivity index (χ3v) is 5.60. The van der Waals surface area contributed by atoms with Gasteiger partial charge in [-0.15, -0.1) is 0 Å². The second-order valence-electron chi connectivity index (χ2n) is 7.65. The molecule has 3 aromatic carbocycles. The summed E-state index contributed by atoms with van der Waals surface area (Å²) in [6, 6.07) is 21.4. The minimum atomic E-state index is -0.275. The predicted octanol–water partition coefficient (Wildman–Crippen LogP) is 4.42. The molecule has 0 aromatic heterocycles. The predicted molar refractivity (Wildman–Crippen MR) is 127 cm³/mol. The summed E-state index contributed by atoms with van der Waals surface area (Å²) in [5, 5.41) is 4.13. The molecule has 4 rings (SSSR count). The van der Waals surface area contributed by atoms with Crippen molar-refractivity contribution in [3.63, 3.8) is 0 Å². The third kappa shape index (κ3) is 4.91. The zero-order valence-electron chi connectivity index (χ0n) is 18.4. The van der Waals surface area contributed by atoms with E-state index in [1.54, 1.807) is 44.7 Å². The molecular formula is C26H27N3O3. The Kier molecular flexibility index (Phi) is 6.70. The van der Waals surface area contributed by atoms with E-state index in [-0.39, 0.29) is 5.91 Å². The van der Waals surface area contributed by atoms with E-state index in [9.17, 15) is 4.79 Å². The van der Waals surface area contributed by atoms with Crippen LogP contribution in [0.5, 0.6) is 11.5 Å². The molecular weight excluding hydrogens is 402 g/mol. The van der Waals surface area contributed by atoms with Gasteiger partial charge in [-0.2, -0.15) is 5.10 Å². The highest BCUT2D eigenvalue weighted by Crippen LogP contribution is 2.30. The Labute approximate surface area is 188 Å². The van der Waals surface area contributed by atoms with Crippen LogP contribution in [0.25, 0.3) is 0 Å². The molecule has 1 amide bonds. The van der Waals surface area contributed by atoms with Gasteiger partial charge in [0.1, 0.15) is 11.5 Å². The molecule has 164 valence electrons. The quantitative estimate of drug-likeness (QED) is 0.446. The molecule has 0 spiro atoms. The molecule has 1 aliphatic rings. The van der Waals surface area contributed by atoms with E-state index in [1.807, 2.05) is 12.1 Å². The van der Waals surface area contributed by atoms with E-state index < -0.39 is 0 Å². The lowest BCUT2D eigenvalue weighted by Gasteiger charge is -2.31. The SMILES string of the molecule is COc1ccc(C(=O)N/N=C/c2ccc(OC)c(CN3CCCc4ccccc43)c2)cc1. The van der Waals surface area contributed by atoms with Crippen LogP contribution in [0, 0.1) is 0 Å². The Hall–Kier alpha value is -3.80. The average molecular weight is 430 g/mol. The summed E-state index contributed by atoms with van der Waals surface area (Å²) in [5.74, 6) is 1.27. The third-order valence-electron chi connectivity index (χ3n) is 5.60. The maximum absolute atomic E-state index is 12.3. The molecule has 6 nitrogen and oxygen atoms in total. The van der Waals surface area contributed by atoms with Gasteiger partial charge in [-0.25, -0.2) is 5.43 Å². The van der Waals surface area contributed by atoms with Crippen molar-refractivity contribution in [2.24, 2.45) is 5.10 Å². The molecule has 1 heterocycles. The molecule has 1 N–H and O–H groups in total. The zero-order chi connectivity index (χ0) is 22.3. The summed E-state index contributed by atoms with van der Waals surface area (Å²) in [6.07, 6.45) is 3.90. The van der Waals surface area contributed by atoms with Crippen LogP contribution < -0.4 is 19.8 Å². The molecule has 0 aliphatic carbocycles. The summed E-state index contributed by atoms with van der Waals surface area (Å²) < 4.78 is 10.7. The number of methoxy groups -OCH3 is 2. The van der Waals surface area contributed by atoms with Crippen LogP contribution >= 0.6 is 0 Å². The second-order valence-corrected chi connectivity index (χ2v) is 7.65. The number of nitrogens with one attached hydrogen (secondary N) is 1. The Balaban J connectivity index is 1.46. The minimum absolute atomic E-state index is 0.275. The number of hydrogen-bond donors (Lipinski definition) is 1. The van der Waals surface area contributed by atoms with E-state index in [2.05, 4.69) is 45.8 Å². The number of aryl methyl sites for hydroxylation is 1. The topological polar surface area (TPSA) is 63.2 Å². The van der Waals surface area contributed by atoms with Gasteiger partial charge >= 0.3 is 0 Å². The molecule has 0 bridgehead atoms. The van der Waals surface area contributed by atoms with Gasteiger partial charge in [0.25, 0.3) is 5.91 Å². The van der Waals surface area contributed by atoms with Gasteiger partial charge in [0.2, 0.25) is 0 Å². The van der Waals surface area contributed by atoms with E-state index in [0.717, 1.165) is 42.8 Å². The first-order chi connectivity index (χ1) is 15.7. The number of ether oxygens (including phenoxy) is 2. The minimum Gasteiger partial charge on any atom is -0.497 e. The fourth-order valence-corrected chi connectivity index (χ4v) is 3.96. The highest BCUT2D eigenvalue weighted by Gasteiger charge is 2.18. The fourth-order valence-electron chi connectivity index (χ4n) is 3.96. The van der Waals surface area contributed by atoms with Gasteiger partial charge in [-0.3, -0.25) is 4.79 Å². The smallest absolute Gasteiger partial charge is 0.271 e.